The van der Waals surface area contributed by atoms with Crippen LogP contribution < -0.4 is 5.32 Å². The first-order chi connectivity index (χ1) is 12.5. The maximum absolute atomic E-state index is 12.8. The summed E-state index contributed by atoms with van der Waals surface area (Å²) < 4.78 is 7.31. The molecule has 1 N–H and O–H groups in total. The summed E-state index contributed by atoms with van der Waals surface area (Å²) in [4.78, 5) is 31.1. The largest absolute Gasteiger partial charge is 0.372 e. The Kier molecular flexibility index (Phi) is 4.24. The number of aromatic nitrogens is 2. The number of benzene rings is 1. The second-order valence-corrected chi connectivity index (χ2v) is 6.94. The second kappa shape index (κ2) is 6.57. The van der Waals surface area contributed by atoms with Gasteiger partial charge in [0, 0.05) is 38.5 Å². The highest BCUT2D eigenvalue weighted by atomic mass is 16.5. The van der Waals surface area contributed by atoms with Gasteiger partial charge in [-0.3, -0.25) is 9.59 Å². The van der Waals surface area contributed by atoms with Crippen LogP contribution in [0.2, 0.25) is 0 Å². The molecule has 0 radical (unpaired) electrons. The van der Waals surface area contributed by atoms with Crippen LogP contribution in [-0.4, -0.2) is 39.4 Å². The Hall–Kier alpha value is -2.67. The van der Waals surface area contributed by atoms with Crippen LogP contribution in [0.4, 0.5) is 0 Å². The number of rotatable bonds is 3. The standard InChI is InChI=1S/C19H22N4O3/c1-22-8-7-20-18(22)17-15(5-6-16(24)23(17)2)21-19(25)12-3-4-13-10-26-11-14(13)9-12/h3-4,7-9,15,17H,5-6,10-11H2,1-2H3,(H,21,25)/t15-,17-/m1/s1. The molecule has 2 aromatic rings. The number of carbonyl (C=O) groups excluding carboxylic acids is 2. The van der Waals surface area contributed by atoms with Gasteiger partial charge in [-0.05, 0) is 29.7 Å². The van der Waals surface area contributed by atoms with E-state index in [0.29, 0.717) is 31.6 Å². The molecule has 0 aliphatic carbocycles. The number of fused-ring (bicyclic) bond motifs is 1. The smallest absolute Gasteiger partial charge is 0.251 e. The average molecular weight is 354 g/mol. The van der Waals surface area contributed by atoms with Crippen LogP contribution in [-0.2, 0) is 29.8 Å². The molecule has 1 saturated heterocycles. The lowest BCUT2D eigenvalue weighted by atomic mass is 9.94. The van der Waals surface area contributed by atoms with Crippen LogP contribution in [0.5, 0.6) is 0 Å². The number of imidazole rings is 1. The minimum atomic E-state index is -0.280. The summed E-state index contributed by atoms with van der Waals surface area (Å²) in [7, 11) is 3.67. The molecule has 0 spiro atoms. The van der Waals surface area contributed by atoms with Crippen molar-refractivity contribution in [2.45, 2.75) is 38.1 Å². The van der Waals surface area contributed by atoms with Crippen molar-refractivity contribution >= 4 is 11.8 Å². The third kappa shape index (κ3) is 2.88. The van der Waals surface area contributed by atoms with Gasteiger partial charge in [0.2, 0.25) is 5.91 Å². The first-order valence-corrected chi connectivity index (χ1v) is 8.78. The molecule has 26 heavy (non-hydrogen) atoms. The Bertz CT molecular complexity index is 860. The third-order valence-corrected chi connectivity index (χ3v) is 5.28. The Morgan fingerprint density at radius 2 is 2.08 bits per heavy atom. The van der Waals surface area contributed by atoms with Crippen molar-refractivity contribution in [3.05, 3.63) is 53.1 Å². The number of nitrogens with one attached hydrogen (secondary N) is 1. The SMILES string of the molecule is CN1C(=O)CC[C@@H](NC(=O)c2ccc3c(c2)COC3)[C@@H]1c1nccn1C. The highest BCUT2D eigenvalue weighted by Gasteiger charge is 2.38. The number of amides is 2. The van der Waals surface area contributed by atoms with Crippen LogP contribution >= 0.6 is 0 Å². The minimum absolute atomic E-state index is 0.0678. The number of aryl methyl sites for hydroxylation is 1. The van der Waals surface area contributed by atoms with Gasteiger partial charge < -0.3 is 19.5 Å². The zero-order valence-corrected chi connectivity index (χ0v) is 14.9. The van der Waals surface area contributed by atoms with Crippen LogP contribution in [0.3, 0.4) is 0 Å². The van der Waals surface area contributed by atoms with Gasteiger partial charge in [-0.25, -0.2) is 4.98 Å². The second-order valence-electron chi connectivity index (χ2n) is 6.94. The summed E-state index contributed by atoms with van der Waals surface area (Å²) in [5.41, 5.74) is 2.82. The zero-order valence-electron chi connectivity index (χ0n) is 14.9. The van der Waals surface area contributed by atoms with Crippen LogP contribution in [0.15, 0.2) is 30.6 Å². The number of likely N-dealkylation sites (tertiary alicyclic amines) is 1. The fraction of sp³-hybridized carbons (Fsp3) is 0.421. The number of likely N-dealkylation sites (N-methyl/N-ethyl adjacent to an activating group) is 1. The summed E-state index contributed by atoms with van der Waals surface area (Å²) in [6, 6.07) is 5.21. The van der Waals surface area contributed by atoms with Crippen molar-refractivity contribution in [2.24, 2.45) is 7.05 Å². The Balaban J connectivity index is 1.58. The van der Waals surface area contributed by atoms with Crippen molar-refractivity contribution in [3.8, 4) is 0 Å². The average Bonchev–Trinajstić information content (AvgIpc) is 3.26. The lowest BCUT2D eigenvalue weighted by molar-refractivity contribution is -0.136. The number of ether oxygens (including phenoxy) is 1. The molecule has 136 valence electrons. The molecule has 0 unspecified atom stereocenters. The molecule has 4 rings (SSSR count). The minimum Gasteiger partial charge on any atom is -0.372 e. The molecule has 1 aromatic carbocycles. The molecule has 3 heterocycles. The lowest BCUT2D eigenvalue weighted by Gasteiger charge is -2.38. The molecule has 1 aromatic heterocycles. The molecule has 2 aliphatic rings. The third-order valence-electron chi connectivity index (χ3n) is 5.28. The van der Waals surface area contributed by atoms with Crippen LogP contribution in [0.25, 0.3) is 0 Å². The number of carbonyl (C=O) groups is 2. The number of hydrogen-bond donors (Lipinski definition) is 1. The van der Waals surface area contributed by atoms with E-state index in [1.165, 1.54) is 0 Å². The van der Waals surface area contributed by atoms with Crippen molar-refractivity contribution in [2.75, 3.05) is 7.05 Å². The van der Waals surface area contributed by atoms with E-state index in [0.717, 1.165) is 17.0 Å². The molecular formula is C19H22N4O3. The van der Waals surface area contributed by atoms with Gasteiger partial charge in [0.05, 0.1) is 19.3 Å². The topological polar surface area (TPSA) is 76.5 Å². The van der Waals surface area contributed by atoms with Gasteiger partial charge >= 0.3 is 0 Å². The molecular weight excluding hydrogens is 332 g/mol. The first kappa shape index (κ1) is 16.8. The number of nitrogens with zero attached hydrogens (tertiary/aromatic N) is 3. The van der Waals surface area contributed by atoms with Crippen molar-refractivity contribution in [1.29, 1.82) is 0 Å². The highest BCUT2D eigenvalue weighted by Crippen LogP contribution is 2.30. The molecule has 0 saturated carbocycles. The quantitative estimate of drug-likeness (QED) is 0.907. The van der Waals surface area contributed by atoms with Gasteiger partial charge in [0.15, 0.2) is 0 Å². The zero-order chi connectivity index (χ0) is 18.3. The van der Waals surface area contributed by atoms with Gasteiger partial charge in [-0.2, -0.15) is 0 Å². The van der Waals surface area contributed by atoms with Gasteiger partial charge in [0.25, 0.3) is 5.91 Å². The van der Waals surface area contributed by atoms with Gasteiger partial charge in [0.1, 0.15) is 11.9 Å². The van der Waals surface area contributed by atoms with E-state index in [-0.39, 0.29) is 23.9 Å². The van der Waals surface area contributed by atoms with E-state index in [1.807, 2.05) is 36.0 Å². The summed E-state index contributed by atoms with van der Waals surface area (Å²) in [6.07, 6.45) is 4.57. The van der Waals surface area contributed by atoms with Gasteiger partial charge in [-0.1, -0.05) is 6.07 Å². The molecule has 7 heteroatoms. The molecule has 2 amide bonds. The van der Waals surface area contributed by atoms with E-state index in [2.05, 4.69) is 10.3 Å². The normalized spacial score (nSPS) is 22.4. The molecule has 1 fully saturated rings. The Morgan fingerprint density at radius 3 is 2.85 bits per heavy atom. The van der Waals surface area contributed by atoms with E-state index < -0.39 is 0 Å². The van der Waals surface area contributed by atoms with Crippen LogP contribution in [0, 0.1) is 0 Å². The van der Waals surface area contributed by atoms with E-state index in [4.69, 9.17) is 4.74 Å². The maximum atomic E-state index is 12.8. The van der Waals surface area contributed by atoms with E-state index in [9.17, 15) is 9.59 Å². The summed E-state index contributed by atoms with van der Waals surface area (Å²) in [6.45, 7) is 1.15. The predicted octanol–water partition coefficient (Wildman–Crippen LogP) is 1.54. The van der Waals surface area contributed by atoms with Crippen LogP contribution in [0.1, 0.15) is 46.2 Å². The molecule has 2 aliphatic heterocycles. The summed E-state index contributed by atoms with van der Waals surface area (Å²) in [5.74, 6) is 0.707. The lowest BCUT2D eigenvalue weighted by Crippen LogP contribution is -2.51. The van der Waals surface area contributed by atoms with Gasteiger partial charge in [-0.15, -0.1) is 0 Å². The monoisotopic (exact) mass is 354 g/mol. The van der Waals surface area contributed by atoms with Crippen molar-refractivity contribution in [1.82, 2.24) is 19.8 Å². The Morgan fingerprint density at radius 1 is 1.27 bits per heavy atom. The van der Waals surface area contributed by atoms with Crippen molar-refractivity contribution in [3.63, 3.8) is 0 Å². The fourth-order valence-corrected chi connectivity index (χ4v) is 3.77. The summed E-state index contributed by atoms with van der Waals surface area (Å²) in [5, 5.41) is 3.12. The van der Waals surface area contributed by atoms with Crippen molar-refractivity contribution < 1.29 is 14.3 Å². The molecule has 2 atom stereocenters. The predicted molar refractivity (Wildman–Crippen MR) is 94.1 cm³/mol. The highest BCUT2D eigenvalue weighted by molar-refractivity contribution is 5.95. The fourth-order valence-electron chi connectivity index (χ4n) is 3.77. The number of hydrogen-bond acceptors (Lipinski definition) is 4. The van der Waals surface area contributed by atoms with E-state index >= 15 is 0 Å². The molecule has 7 nitrogen and oxygen atoms in total. The Labute approximate surface area is 152 Å². The van der Waals surface area contributed by atoms with E-state index in [1.54, 1.807) is 18.1 Å². The first-order valence-electron chi connectivity index (χ1n) is 8.78. The summed E-state index contributed by atoms with van der Waals surface area (Å²) >= 11 is 0. The number of piperidine rings is 1. The maximum Gasteiger partial charge on any atom is 0.251 e. The molecule has 0 bridgehead atoms.